The molecule has 0 unspecified atom stereocenters. The van der Waals surface area contributed by atoms with Gasteiger partial charge < -0.3 is 4.74 Å². The standard InChI is InChI=1S/C20H19NO5S/c22-19-15-5-2-1-4-14(15)18-16(19)6-3-7-17(18)20(23)26-11-8-21-9-12-27(24,25)13-10-21/h1-7H,8-13H2. The number of fused-ring (bicyclic) bond motifs is 3. The van der Waals surface area contributed by atoms with Gasteiger partial charge in [0.1, 0.15) is 6.61 Å². The van der Waals surface area contributed by atoms with Crippen LogP contribution in [0.3, 0.4) is 0 Å². The van der Waals surface area contributed by atoms with Crippen molar-refractivity contribution in [3.63, 3.8) is 0 Å². The van der Waals surface area contributed by atoms with Crippen molar-refractivity contribution in [3.05, 3.63) is 59.2 Å². The first kappa shape index (κ1) is 17.9. The molecule has 0 amide bonds. The maximum absolute atomic E-state index is 12.6. The van der Waals surface area contributed by atoms with Crippen LogP contribution in [0.2, 0.25) is 0 Å². The van der Waals surface area contributed by atoms with Crippen LogP contribution in [0.25, 0.3) is 11.1 Å². The molecule has 6 nitrogen and oxygen atoms in total. The molecule has 0 aromatic heterocycles. The number of nitrogens with zero attached hydrogens (tertiary/aromatic N) is 1. The van der Waals surface area contributed by atoms with Crippen LogP contribution in [0.15, 0.2) is 42.5 Å². The smallest absolute Gasteiger partial charge is 0.338 e. The van der Waals surface area contributed by atoms with Crippen LogP contribution < -0.4 is 0 Å². The Hall–Kier alpha value is -2.51. The number of ketones is 1. The lowest BCUT2D eigenvalue weighted by atomic mass is 9.99. The van der Waals surface area contributed by atoms with E-state index in [1.165, 1.54) is 0 Å². The van der Waals surface area contributed by atoms with Crippen LogP contribution >= 0.6 is 0 Å². The van der Waals surface area contributed by atoms with Crippen molar-refractivity contribution in [2.75, 3.05) is 37.7 Å². The molecule has 0 saturated carbocycles. The average molecular weight is 385 g/mol. The zero-order valence-corrected chi connectivity index (χ0v) is 15.5. The van der Waals surface area contributed by atoms with Gasteiger partial charge in [-0.1, -0.05) is 36.4 Å². The Balaban J connectivity index is 1.46. The molecule has 0 spiro atoms. The van der Waals surface area contributed by atoms with Gasteiger partial charge in [0, 0.05) is 36.3 Å². The molecule has 1 fully saturated rings. The Kier molecular flexibility index (Phi) is 4.57. The third-order valence-corrected chi connectivity index (χ3v) is 6.66. The van der Waals surface area contributed by atoms with Crippen molar-refractivity contribution < 1.29 is 22.7 Å². The molecule has 0 atom stereocenters. The molecule has 2 aliphatic rings. The molecule has 1 heterocycles. The SMILES string of the molecule is O=C(OCCN1CCS(=O)(=O)CC1)c1cccc2c1-c1ccccc1C2=O. The Bertz CT molecular complexity index is 1010. The van der Waals surface area contributed by atoms with Crippen LogP contribution in [0.4, 0.5) is 0 Å². The summed E-state index contributed by atoms with van der Waals surface area (Å²) in [7, 11) is -2.92. The summed E-state index contributed by atoms with van der Waals surface area (Å²) in [5.41, 5.74) is 2.89. The topological polar surface area (TPSA) is 80.8 Å². The van der Waals surface area contributed by atoms with Gasteiger partial charge in [0.05, 0.1) is 17.1 Å². The normalized spacial score (nSPS) is 18.0. The molecule has 27 heavy (non-hydrogen) atoms. The zero-order chi connectivity index (χ0) is 19.0. The van der Waals surface area contributed by atoms with Gasteiger partial charge in [-0.25, -0.2) is 13.2 Å². The predicted molar refractivity (Wildman–Crippen MR) is 101 cm³/mol. The summed E-state index contributed by atoms with van der Waals surface area (Å²) >= 11 is 0. The molecule has 2 aromatic rings. The highest BCUT2D eigenvalue weighted by molar-refractivity contribution is 7.91. The molecule has 2 aromatic carbocycles. The maximum Gasteiger partial charge on any atom is 0.338 e. The first-order valence-corrected chi connectivity index (χ1v) is 10.7. The summed E-state index contributed by atoms with van der Waals surface area (Å²) in [5.74, 6) is -0.260. The Morgan fingerprint density at radius 2 is 1.63 bits per heavy atom. The number of ether oxygens (including phenoxy) is 1. The lowest BCUT2D eigenvalue weighted by Crippen LogP contribution is -2.41. The van der Waals surface area contributed by atoms with E-state index in [-0.39, 0.29) is 23.9 Å². The van der Waals surface area contributed by atoms with Crippen LogP contribution in [0.5, 0.6) is 0 Å². The summed E-state index contributed by atoms with van der Waals surface area (Å²) in [4.78, 5) is 27.1. The fraction of sp³-hybridized carbons (Fsp3) is 0.300. The molecule has 0 N–H and O–H groups in total. The van der Waals surface area contributed by atoms with Gasteiger partial charge in [-0.2, -0.15) is 0 Å². The van der Waals surface area contributed by atoms with Crippen LogP contribution in [-0.4, -0.2) is 62.8 Å². The van der Waals surface area contributed by atoms with E-state index in [1.54, 1.807) is 30.3 Å². The number of carbonyl (C=O) groups excluding carboxylic acids is 2. The van der Waals surface area contributed by atoms with E-state index in [0.29, 0.717) is 41.9 Å². The minimum Gasteiger partial charge on any atom is -0.461 e. The van der Waals surface area contributed by atoms with Crippen molar-refractivity contribution in [1.82, 2.24) is 4.90 Å². The van der Waals surface area contributed by atoms with Gasteiger partial charge in [-0.05, 0) is 11.6 Å². The molecule has 1 saturated heterocycles. The largest absolute Gasteiger partial charge is 0.461 e. The first-order valence-electron chi connectivity index (χ1n) is 8.83. The van der Waals surface area contributed by atoms with Crippen molar-refractivity contribution in [2.24, 2.45) is 0 Å². The number of rotatable bonds is 4. The molecule has 1 aliphatic carbocycles. The second kappa shape index (κ2) is 6.90. The molecule has 140 valence electrons. The van der Waals surface area contributed by atoms with Crippen molar-refractivity contribution >= 4 is 21.6 Å². The molecular weight excluding hydrogens is 366 g/mol. The predicted octanol–water partition coefficient (Wildman–Crippen LogP) is 1.79. The van der Waals surface area contributed by atoms with Gasteiger partial charge in [0.25, 0.3) is 0 Å². The van der Waals surface area contributed by atoms with E-state index in [1.807, 2.05) is 17.0 Å². The summed E-state index contributed by atoms with van der Waals surface area (Å²) in [6.07, 6.45) is 0. The minimum absolute atomic E-state index is 0.0789. The quantitative estimate of drug-likeness (QED) is 0.637. The molecule has 4 rings (SSSR count). The second-order valence-corrected chi connectivity index (χ2v) is 9.04. The summed E-state index contributed by atoms with van der Waals surface area (Å²) in [6.45, 7) is 1.59. The monoisotopic (exact) mass is 385 g/mol. The van der Waals surface area contributed by atoms with Gasteiger partial charge in [-0.15, -0.1) is 0 Å². The highest BCUT2D eigenvalue weighted by atomic mass is 32.2. The Morgan fingerprint density at radius 3 is 2.37 bits per heavy atom. The number of esters is 1. The number of carbonyl (C=O) groups is 2. The van der Waals surface area contributed by atoms with Crippen LogP contribution in [-0.2, 0) is 14.6 Å². The average Bonchev–Trinajstić information content (AvgIpc) is 2.96. The summed E-state index contributed by atoms with van der Waals surface area (Å²) in [6, 6.07) is 12.3. The van der Waals surface area contributed by atoms with Gasteiger partial charge >= 0.3 is 5.97 Å². The first-order chi connectivity index (χ1) is 13.0. The third kappa shape index (κ3) is 3.40. The van der Waals surface area contributed by atoms with E-state index in [2.05, 4.69) is 0 Å². The summed E-state index contributed by atoms with van der Waals surface area (Å²) in [5, 5.41) is 0. The third-order valence-electron chi connectivity index (χ3n) is 5.05. The molecule has 1 aliphatic heterocycles. The second-order valence-electron chi connectivity index (χ2n) is 6.73. The van der Waals surface area contributed by atoms with Gasteiger partial charge in [0.15, 0.2) is 15.6 Å². The number of sulfone groups is 1. The molecule has 0 radical (unpaired) electrons. The zero-order valence-electron chi connectivity index (χ0n) is 14.7. The van der Waals surface area contributed by atoms with Crippen LogP contribution in [0.1, 0.15) is 26.3 Å². The van der Waals surface area contributed by atoms with Crippen molar-refractivity contribution in [3.8, 4) is 11.1 Å². The van der Waals surface area contributed by atoms with Crippen molar-refractivity contribution in [2.45, 2.75) is 0 Å². The Labute approximate surface area is 157 Å². The number of hydrogen-bond donors (Lipinski definition) is 0. The molecule has 0 bridgehead atoms. The fourth-order valence-electron chi connectivity index (χ4n) is 3.57. The van der Waals surface area contributed by atoms with Gasteiger partial charge in [0.2, 0.25) is 0 Å². The van der Waals surface area contributed by atoms with E-state index in [4.69, 9.17) is 4.74 Å². The lowest BCUT2D eigenvalue weighted by molar-refractivity contribution is 0.0466. The Morgan fingerprint density at radius 1 is 0.963 bits per heavy atom. The summed E-state index contributed by atoms with van der Waals surface area (Å²) < 4.78 is 28.3. The van der Waals surface area contributed by atoms with E-state index in [9.17, 15) is 18.0 Å². The van der Waals surface area contributed by atoms with E-state index < -0.39 is 15.8 Å². The van der Waals surface area contributed by atoms with Gasteiger partial charge in [-0.3, -0.25) is 9.69 Å². The van der Waals surface area contributed by atoms with E-state index in [0.717, 1.165) is 5.56 Å². The number of hydrogen-bond acceptors (Lipinski definition) is 6. The highest BCUT2D eigenvalue weighted by Gasteiger charge is 2.30. The molecular formula is C20H19NO5S. The fourth-order valence-corrected chi connectivity index (χ4v) is 4.84. The minimum atomic E-state index is -2.92. The van der Waals surface area contributed by atoms with E-state index >= 15 is 0 Å². The molecule has 7 heteroatoms. The van der Waals surface area contributed by atoms with Crippen LogP contribution in [0, 0.1) is 0 Å². The number of benzene rings is 2. The highest BCUT2D eigenvalue weighted by Crippen LogP contribution is 2.38. The van der Waals surface area contributed by atoms with Crippen molar-refractivity contribution in [1.29, 1.82) is 0 Å². The maximum atomic E-state index is 12.6. The lowest BCUT2D eigenvalue weighted by Gasteiger charge is -2.26.